The molecular weight excluding hydrogens is 493 g/mol. The molecule has 9 nitrogen and oxygen atoms in total. The summed E-state index contributed by atoms with van der Waals surface area (Å²) in [6.07, 6.45) is 0.265. The molecule has 2 aromatic carbocycles. The van der Waals surface area contributed by atoms with Crippen molar-refractivity contribution in [2.45, 2.75) is 13.0 Å². The van der Waals surface area contributed by atoms with E-state index in [1.807, 2.05) is 6.07 Å². The van der Waals surface area contributed by atoms with Crippen LogP contribution in [0.5, 0.6) is 23.1 Å². The van der Waals surface area contributed by atoms with Gasteiger partial charge in [-0.1, -0.05) is 18.2 Å². The Kier molecular flexibility index (Phi) is 8.65. The number of nitrogens with zero attached hydrogens (tertiary/aromatic N) is 3. The number of rotatable bonds is 9. The molecule has 1 aliphatic rings. The van der Waals surface area contributed by atoms with Gasteiger partial charge in [-0.2, -0.15) is 0 Å². The average molecular weight is 526 g/mol. The number of amides is 1. The van der Waals surface area contributed by atoms with Gasteiger partial charge in [-0.3, -0.25) is 9.69 Å². The van der Waals surface area contributed by atoms with E-state index in [1.165, 1.54) is 33.5 Å². The van der Waals surface area contributed by atoms with Crippen molar-refractivity contribution in [3.05, 3.63) is 65.1 Å². The Bertz CT molecular complexity index is 1270. The maximum Gasteiger partial charge on any atom is 0.263 e. The van der Waals surface area contributed by atoms with Crippen molar-refractivity contribution < 1.29 is 33.6 Å². The highest BCUT2D eigenvalue weighted by atomic mass is 19.1. The van der Waals surface area contributed by atoms with E-state index >= 15 is 0 Å². The molecule has 0 saturated carbocycles. The van der Waals surface area contributed by atoms with Crippen LogP contribution in [0.3, 0.4) is 0 Å². The maximum absolute atomic E-state index is 13.6. The molecule has 1 fully saturated rings. The fraction of sp³-hybridized carbons (Fsp3) is 0.357. The van der Waals surface area contributed by atoms with E-state index in [-0.39, 0.29) is 30.0 Å². The lowest BCUT2D eigenvalue weighted by Gasteiger charge is -2.35. The minimum atomic E-state index is -0.557. The fourth-order valence-electron chi connectivity index (χ4n) is 4.70. The van der Waals surface area contributed by atoms with Gasteiger partial charge < -0.3 is 29.3 Å². The molecule has 38 heavy (non-hydrogen) atoms. The molecule has 1 aliphatic heterocycles. The van der Waals surface area contributed by atoms with Crippen LogP contribution >= 0.6 is 0 Å². The number of aromatic hydroxyl groups is 2. The van der Waals surface area contributed by atoms with Gasteiger partial charge in [0.2, 0.25) is 5.88 Å². The number of hydrogen-bond donors (Lipinski definition) is 2. The Morgan fingerprint density at radius 3 is 2.24 bits per heavy atom. The molecule has 3 aromatic rings. The number of ether oxygens (including phenoxy) is 3. The Morgan fingerprint density at radius 2 is 1.63 bits per heavy atom. The van der Waals surface area contributed by atoms with Gasteiger partial charge in [0.25, 0.3) is 5.91 Å². The molecule has 4 rings (SSSR count). The number of piperazine rings is 1. The first kappa shape index (κ1) is 27.2. The van der Waals surface area contributed by atoms with Gasteiger partial charge in [0.15, 0.2) is 0 Å². The Morgan fingerprint density at radius 1 is 0.974 bits per heavy atom. The molecule has 0 spiro atoms. The minimum Gasteiger partial charge on any atom is -0.506 e. The third kappa shape index (κ3) is 5.66. The molecular formula is C28H32FN3O6. The minimum absolute atomic E-state index is 0.238. The highest BCUT2D eigenvalue weighted by Gasteiger charge is 2.32. The summed E-state index contributed by atoms with van der Waals surface area (Å²) in [6.45, 7) is 2.67. The number of pyridine rings is 1. The van der Waals surface area contributed by atoms with E-state index in [0.29, 0.717) is 55.5 Å². The molecule has 0 aliphatic carbocycles. The molecule has 10 heteroatoms. The second-order valence-electron chi connectivity index (χ2n) is 8.96. The molecule has 1 amide bonds. The molecule has 1 aromatic heterocycles. The van der Waals surface area contributed by atoms with Crippen molar-refractivity contribution in [2.75, 3.05) is 54.1 Å². The first-order chi connectivity index (χ1) is 18.4. The summed E-state index contributed by atoms with van der Waals surface area (Å²) < 4.78 is 29.8. The van der Waals surface area contributed by atoms with E-state index in [0.717, 1.165) is 5.56 Å². The first-order valence-corrected chi connectivity index (χ1v) is 12.3. The number of carbonyl (C=O) groups is 1. The zero-order chi connectivity index (χ0) is 27.2. The van der Waals surface area contributed by atoms with Crippen LogP contribution in [0.25, 0.3) is 11.1 Å². The largest absolute Gasteiger partial charge is 0.506 e. The summed E-state index contributed by atoms with van der Waals surface area (Å²) >= 11 is 0. The second-order valence-corrected chi connectivity index (χ2v) is 8.96. The van der Waals surface area contributed by atoms with Gasteiger partial charge in [0.05, 0.1) is 37.6 Å². The second kappa shape index (κ2) is 12.1. The molecule has 0 unspecified atom stereocenters. The number of benzene rings is 2. The summed E-state index contributed by atoms with van der Waals surface area (Å²) in [5.74, 6) is -0.958. The van der Waals surface area contributed by atoms with E-state index in [1.54, 1.807) is 29.2 Å². The fourth-order valence-corrected chi connectivity index (χ4v) is 4.70. The topological polar surface area (TPSA) is 105 Å². The predicted molar refractivity (Wildman–Crippen MR) is 139 cm³/mol. The third-order valence-electron chi connectivity index (χ3n) is 6.62. The van der Waals surface area contributed by atoms with Crippen LogP contribution in [0.2, 0.25) is 0 Å². The Balaban J connectivity index is 1.65. The van der Waals surface area contributed by atoms with Crippen LogP contribution in [0, 0.1) is 5.82 Å². The first-order valence-electron chi connectivity index (χ1n) is 12.3. The lowest BCUT2D eigenvalue weighted by molar-refractivity contribution is 0.0621. The SMILES string of the molecule is COCCc1nc(O)c(C(=O)N2CCN(Cc3cccc(F)c3)CC2)c(O)c1-c1c(OC)cccc1OC. The van der Waals surface area contributed by atoms with E-state index < -0.39 is 17.5 Å². The van der Waals surface area contributed by atoms with E-state index in [9.17, 15) is 19.4 Å². The van der Waals surface area contributed by atoms with Crippen LogP contribution in [0.4, 0.5) is 4.39 Å². The Labute approximate surface area is 221 Å². The van der Waals surface area contributed by atoms with Crippen molar-refractivity contribution in [3.63, 3.8) is 0 Å². The van der Waals surface area contributed by atoms with Crippen LogP contribution < -0.4 is 9.47 Å². The molecule has 0 bridgehead atoms. The molecule has 2 N–H and O–H groups in total. The van der Waals surface area contributed by atoms with Crippen molar-refractivity contribution in [1.82, 2.24) is 14.8 Å². The molecule has 1 saturated heterocycles. The van der Waals surface area contributed by atoms with Gasteiger partial charge in [-0.15, -0.1) is 0 Å². The zero-order valence-electron chi connectivity index (χ0n) is 21.7. The van der Waals surface area contributed by atoms with Crippen LogP contribution in [0.15, 0.2) is 42.5 Å². The van der Waals surface area contributed by atoms with Crippen molar-refractivity contribution >= 4 is 5.91 Å². The van der Waals surface area contributed by atoms with Gasteiger partial charge in [-0.05, 0) is 29.8 Å². The zero-order valence-corrected chi connectivity index (χ0v) is 21.7. The molecule has 0 atom stereocenters. The Hall–Kier alpha value is -3.89. The summed E-state index contributed by atoms with van der Waals surface area (Å²) in [5, 5.41) is 22.3. The number of halogens is 1. The highest BCUT2D eigenvalue weighted by Crippen LogP contribution is 2.47. The number of methoxy groups -OCH3 is 3. The van der Waals surface area contributed by atoms with Crippen molar-refractivity contribution in [1.29, 1.82) is 0 Å². The van der Waals surface area contributed by atoms with Gasteiger partial charge in [0, 0.05) is 46.3 Å². The smallest absolute Gasteiger partial charge is 0.263 e. The summed E-state index contributed by atoms with van der Waals surface area (Å²) in [4.78, 5) is 21.6. The number of hydrogen-bond acceptors (Lipinski definition) is 8. The maximum atomic E-state index is 13.6. The highest BCUT2D eigenvalue weighted by molar-refractivity contribution is 6.02. The lowest BCUT2D eigenvalue weighted by Crippen LogP contribution is -2.48. The van der Waals surface area contributed by atoms with Gasteiger partial charge >= 0.3 is 0 Å². The molecule has 202 valence electrons. The average Bonchev–Trinajstić information content (AvgIpc) is 2.91. The lowest BCUT2D eigenvalue weighted by atomic mass is 9.96. The van der Waals surface area contributed by atoms with Crippen LogP contribution in [0.1, 0.15) is 21.6 Å². The summed E-state index contributed by atoms with van der Waals surface area (Å²) in [6, 6.07) is 11.6. The predicted octanol–water partition coefficient (Wildman–Crippen LogP) is 3.46. The van der Waals surface area contributed by atoms with Crippen LogP contribution in [-0.2, 0) is 17.7 Å². The monoisotopic (exact) mass is 525 g/mol. The third-order valence-corrected chi connectivity index (χ3v) is 6.62. The summed E-state index contributed by atoms with van der Waals surface area (Å²) in [7, 11) is 4.52. The van der Waals surface area contributed by atoms with Gasteiger partial charge in [0.1, 0.15) is 28.6 Å². The standard InChI is InChI=1S/C28H32FN3O6/c1-36-15-10-20-23(24-21(37-2)8-5-9-22(24)38-3)26(33)25(27(34)30-20)28(35)32-13-11-31(12-14-32)17-18-6-4-7-19(29)16-18/h4-9,16H,10-15,17H2,1-3H3,(H2,30,33,34). The van der Waals surface area contributed by atoms with Crippen LogP contribution in [-0.4, -0.2) is 85.0 Å². The van der Waals surface area contributed by atoms with Crippen molar-refractivity contribution in [2.24, 2.45) is 0 Å². The quantitative estimate of drug-likeness (QED) is 0.438. The van der Waals surface area contributed by atoms with Gasteiger partial charge in [-0.25, -0.2) is 9.37 Å². The number of carbonyl (C=O) groups excluding carboxylic acids is 1. The van der Waals surface area contributed by atoms with Crippen molar-refractivity contribution in [3.8, 4) is 34.3 Å². The normalized spacial score (nSPS) is 13.9. The summed E-state index contributed by atoms with van der Waals surface area (Å²) in [5.41, 5.74) is 1.56. The molecule has 0 radical (unpaired) electrons. The number of aromatic nitrogens is 1. The van der Waals surface area contributed by atoms with E-state index in [4.69, 9.17) is 14.2 Å². The van der Waals surface area contributed by atoms with E-state index in [2.05, 4.69) is 9.88 Å². The molecule has 2 heterocycles.